The van der Waals surface area contributed by atoms with Gasteiger partial charge in [-0.15, -0.1) is 0 Å². The van der Waals surface area contributed by atoms with Crippen molar-refractivity contribution in [3.63, 3.8) is 0 Å². The summed E-state index contributed by atoms with van der Waals surface area (Å²) in [6, 6.07) is 11.1. The number of carbonyl (C=O) groups is 4. The van der Waals surface area contributed by atoms with E-state index in [1.807, 2.05) is 68.6 Å². The van der Waals surface area contributed by atoms with Crippen molar-refractivity contribution in [3.8, 4) is 0 Å². The van der Waals surface area contributed by atoms with Crippen LogP contribution in [0.3, 0.4) is 0 Å². The first-order chi connectivity index (χ1) is 21.6. The lowest BCUT2D eigenvalue weighted by Gasteiger charge is -2.25. The molecule has 2 heterocycles. The third-order valence-corrected chi connectivity index (χ3v) is 8.40. The van der Waals surface area contributed by atoms with E-state index in [0.29, 0.717) is 12.2 Å². The molecule has 0 saturated carbocycles. The van der Waals surface area contributed by atoms with E-state index in [1.54, 1.807) is 24.2 Å². The van der Waals surface area contributed by atoms with E-state index < -0.39 is 47.9 Å². The van der Waals surface area contributed by atoms with Gasteiger partial charge in [-0.05, 0) is 54.0 Å². The van der Waals surface area contributed by atoms with Gasteiger partial charge in [-0.3, -0.25) is 14.4 Å². The largest absolute Gasteiger partial charge is 0.480 e. The van der Waals surface area contributed by atoms with Crippen LogP contribution in [0.1, 0.15) is 37.8 Å². The smallest absolute Gasteiger partial charge is 0.326 e. The second-order valence-electron chi connectivity index (χ2n) is 11.7. The molecule has 12 heteroatoms. The van der Waals surface area contributed by atoms with Crippen LogP contribution in [0.15, 0.2) is 60.9 Å². The molecule has 0 radical (unpaired) electrons. The number of nitrogens with one attached hydrogen (secondary N) is 5. The average Bonchev–Trinajstić information content (AvgIpc) is 3.62. The molecule has 11 nitrogen and oxygen atoms in total. The highest BCUT2D eigenvalue weighted by Crippen LogP contribution is 2.21. The molecular weight excluding hydrogens is 592 g/mol. The predicted octanol–water partition coefficient (Wildman–Crippen LogP) is 3.10. The molecule has 0 bridgehead atoms. The number of hydrogen-bond acceptors (Lipinski definition) is 6. The number of benzene rings is 2. The number of thioether (sulfide) groups is 1. The first-order valence-corrected chi connectivity index (χ1v) is 16.4. The summed E-state index contributed by atoms with van der Waals surface area (Å²) in [4.78, 5) is 59.2. The van der Waals surface area contributed by atoms with Gasteiger partial charge in [0.15, 0.2) is 0 Å². The number of carboxylic acids is 1. The minimum absolute atomic E-state index is 0.0131. The highest BCUT2D eigenvalue weighted by atomic mass is 32.2. The topological polar surface area (TPSA) is 182 Å². The maximum absolute atomic E-state index is 14.0. The highest BCUT2D eigenvalue weighted by molar-refractivity contribution is 7.98. The second kappa shape index (κ2) is 15.6. The summed E-state index contributed by atoms with van der Waals surface area (Å²) in [6.45, 7) is 3.74. The van der Waals surface area contributed by atoms with E-state index >= 15 is 0 Å². The molecule has 0 spiro atoms. The van der Waals surface area contributed by atoms with Crippen molar-refractivity contribution in [2.45, 2.75) is 63.7 Å². The molecule has 4 rings (SSSR count). The van der Waals surface area contributed by atoms with Gasteiger partial charge in [0.05, 0.1) is 6.04 Å². The van der Waals surface area contributed by atoms with Crippen molar-refractivity contribution < 1.29 is 24.3 Å². The summed E-state index contributed by atoms with van der Waals surface area (Å²) in [5.74, 6) is -2.14. The first kappa shape index (κ1) is 33.6. The van der Waals surface area contributed by atoms with Crippen LogP contribution in [0.5, 0.6) is 0 Å². The van der Waals surface area contributed by atoms with E-state index in [2.05, 4.69) is 25.9 Å². The zero-order chi connectivity index (χ0) is 32.5. The number of H-pyrrole nitrogens is 2. The number of aromatic amines is 2. The van der Waals surface area contributed by atoms with Crippen LogP contribution in [0, 0.1) is 5.92 Å². The van der Waals surface area contributed by atoms with Gasteiger partial charge >= 0.3 is 5.97 Å². The first-order valence-electron chi connectivity index (χ1n) is 15.1. The van der Waals surface area contributed by atoms with Gasteiger partial charge in [0.1, 0.15) is 18.1 Å². The number of nitrogens with two attached hydrogens (primary N) is 1. The van der Waals surface area contributed by atoms with Crippen molar-refractivity contribution in [3.05, 3.63) is 72.1 Å². The van der Waals surface area contributed by atoms with Crippen LogP contribution in [0.2, 0.25) is 0 Å². The van der Waals surface area contributed by atoms with Gasteiger partial charge in [-0.1, -0.05) is 50.2 Å². The molecule has 4 atom stereocenters. The summed E-state index contributed by atoms with van der Waals surface area (Å²) in [5, 5.41) is 19.9. The Morgan fingerprint density at radius 2 is 1.24 bits per heavy atom. The minimum Gasteiger partial charge on any atom is -0.480 e. The summed E-state index contributed by atoms with van der Waals surface area (Å²) in [5.41, 5.74) is 9.48. The molecule has 240 valence electrons. The summed E-state index contributed by atoms with van der Waals surface area (Å²) < 4.78 is 0. The Balaban J connectivity index is 1.63. The number of aliphatic carboxylic acids is 1. The SMILES string of the molecule is CSCCC(N)C(=O)NC(Cc1c[nH]c2ccccc12)C(=O)NC(Cc1c[nH]c2ccccc12)C(=O)NC(CC(C)C)C(=O)O. The van der Waals surface area contributed by atoms with Gasteiger partial charge in [-0.25, -0.2) is 4.79 Å². The zero-order valence-electron chi connectivity index (χ0n) is 25.8. The zero-order valence-corrected chi connectivity index (χ0v) is 26.6. The Morgan fingerprint density at radius 3 is 1.71 bits per heavy atom. The minimum atomic E-state index is -1.15. The standard InChI is InChI=1S/C33H42N6O5S/c1-19(2)14-29(33(43)44)39-32(42)28(16-21-18-36-26-11-7-5-9-23(21)26)38-31(41)27(37-30(40)24(34)12-13-45-3)15-20-17-35-25-10-6-4-8-22(20)25/h4-11,17-19,24,27-29,35-36H,12-16,34H2,1-3H3,(H,37,40)(H,38,41)(H,39,42)(H,43,44). The molecule has 8 N–H and O–H groups in total. The van der Waals surface area contributed by atoms with Crippen LogP contribution < -0.4 is 21.7 Å². The van der Waals surface area contributed by atoms with Gasteiger partial charge in [-0.2, -0.15) is 11.8 Å². The van der Waals surface area contributed by atoms with Crippen LogP contribution in [0.25, 0.3) is 21.8 Å². The third kappa shape index (κ3) is 8.89. The highest BCUT2D eigenvalue weighted by Gasteiger charge is 2.32. The van der Waals surface area contributed by atoms with Gasteiger partial charge in [0.25, 0.3) is 0 Å². The number of fused-ring (bicyclic) bond motifs is 2. The van der Waals surface area contributed by atoms with Crippen molar-refractivity contribution >= 4 is 57.3 Å². The fourth-order valence-electron chi connectivity index (χ4n) is 5.35. The number of carbonyl (C=O) groups excluding carboxylic acids is 3. The van der Waals surface area contributed by atoms with E-state index in [0.717, 1.165) is 32.9 Å². The third-order valence-electron chi connectivity index (χ3n) is 7.76. The van der Waals surface area contributed by atoms with E-state index in [9.17, 15) is 24.3 Å². The lowest BCUT2D eigenvalue weighted by atomic mass is 10.00. The Kier molecular flexibility index (Phi) is 11.7. The maximum atomic E-state index is 14.0. The fraction of sp³-hybridized carbons (Fsp3) is 0.394. The average molecular weight is 635 g/mol. The molecule has 0 fully saturated rings. The van der Waals surface area contributed by atoms with E-state index in [1.165, 1.54) is 0 Å². The predicted molar refractivity (Wildman–Crippen MR) is 178 cm³/mol. The number of aromatic nitrogens is 2. The molecule has 4 aromatic rings. The number of para-hydroxylation sites is 2. The maximum Gasteiger partial charge on any atom is 0.326 e. The van der Waals surface area contributed by atoms with Crippen molar-refractivity contribution in [1.82, 2.24) is 25.9 Å². The number of amides is 3. The quantitative estimate of drug-likeness (QED) is 0.0988. The molecule has 0 saturated heterocycles. The second-order valence-corrected chi connectivity index (χ2v) is 12.7. The Labute approximate surface area is 266 Å². The Morgan fingerprint density at radius 1 is 0.778 bits per heavy atom. The molecule has 4 unspecified atom stereocenters. The molecule has 2 aromatic heterocycles. The monoisotopic (exact) mass is 634 g/mol. The summed E-state index contributed by atoms with van der Waals surface area (Å²) in [7, 11) is 0. The van der Waals surface area contributed by atoms with Crippen molar-refractivity contribution in [2.24, 2.45) is 11.7 Å². The van der Waals surface area contributed by atoms with E-state index in [4.69, 9.17) is 5.73 Å². The fourth-order valence-corrected chi connectivity index (χ4v) is 5.84. The van der Waals surface area contributed by atoms with Crippen LogP contribution in [0.4, 0.5) is 0 Å². The summed E-state index contributed by atoms with van der Waals surface area (Å²) in [6.07, 6.45) is 6.39. The molecule has 45 heavy (non-hydrogen) atoms. The molecule has 0 aliphatic carbocycles. The number of hydrogen-bond donors (Lipinski definition) is 7. The van der Waals surface area contributed by atoms with Gasteiger partial charge in [0, 0.05) is 47.0 Å². The Bertz CT molecular complexity index is 1630. The van der Waals surface area contributed by atoms with Crippen LogP contribution >= 0.6 is 11.8 Å². The number of rotatable bonds is 16. The molecule has 3 amide bonds. The normalized spacial score (nSPS) is 14.2. The van der Waals surface area contributed by atoms with Crippen LogP contribution in [-0.2, 0) is 32.0 Å². The lowest BCUT2D eigenvalue weighted by molar-refractivity contribution is -0.142. The number of carboxylic acid groups (broad SMARTS) is 1. The van der Waals surface area contributed by atoms with Crippen molar-refractivity contribution in [1.29, 1.82) is 0 Å². The van der Waals surface area contributed by atoms with Crippen LogP contribution in [-0.4, -0.2) is 74.9 Å². The Hall–Kier alpha value is -4.29. The lowest BCUT2D eigenvalue weighted by Crippen LogP contribution is -2.58. The molecule has 0 aliphatic rings. The molecule has 0 aliphatic heterocycles. The van der Waals surface area contributed by atoms with Gasteiger partial charge < -0.3 is 36.8 Å². The molecule has 2 aromatic carbocycles. The molecular formula is C33H42N6O5S. The van der Waals surface area contributed by atoms with Gasteiger partial charge in [0.2, 0.25) is 17.7 Å². The van der Waals surface area contributed by atoms with E-state index in [-0.39, 0.29) is 25.2 Å². The van der Waals surface area contributed by atoms with Crippen molar-refractivity contribution in [2.75, 3.05) is 12.0 Å². The summed E-state index contributed by atoms with van der Waals surface area (Å²) >= 11 is 1.57.